The number of hydrogen-bond acceptors (Lipinski definition) is 3. The molecule has 2 aromatic rings. The van der Waals surface area contributed by atoms with Crippen LogP contribution >= 0.6 is 11.6 Å². The number of halogens is 1. The van der Waals surface area contributed by atoms with Crippen LogP contribution in [0.1, 0.15) is 24.7 Å². The molecule has 0 amide bonds. The van der Waals surface area contributed by atoms with Crippen molar-refractivity contribution in [3.05, 3.63) is 24.3 Å². The van der Waals surface area contributed by atoms with Crippen molar-refractivity contribution in [2.75, 3.05) is 17.4 Å². The van der Waals surface area contributed by atoms with Crippen molar-refractivity contribution in [3.63, 3.8) is 0 Å². The second-order valence-electron chi connectivity index (χ2n) is 4.78. The average Bonchev–Trinajstić information content (AvgIpc) is 2.78. The SMILES string of the molecule is O=S1CCC(n2c(CCCl)nc3cnccc32)CC1. The smallest absolute Gasteiger partial charge is 0.111 e. The number of pyridine rings is 1. The van der Waals surface area contributed by atoms with Gasteiger partial charge in [0, 0.05) is 46.8 Å². The van der Waals surface area contributed by atoms with Gasteiger partial charge in [-0.2, -0.15) is 0 Å². The van der Waals surface area contributed by atoms with Gasteiger partial charge in [-0.3, -0.25) is 9.19 Å². The zero-order valence-corrected chi connectivity index (χ0v) is 12.2. The maximum absolute atomic E-state index is 11.5. The minimum absolute atomic E-state index is 0.392. The largest absolute Gasteiger partial charge is 0.325 e. The Morgan fingerprint density at radius 2 is 2.21 bits per heavy atom. The van der Waals surface area contributed by atoms with E-state index in [1.165, 1.54) is 0 Å². The minimum Gasteiger partial charge on any atom is -0.325 e. The molecule has 4 nitrogen and oxygen atoms in total. The first-order chi connectivity index (χ1) is 9.29. The van der Waals surface area contributed by atoms with E-state index in [0.29, 0.717) is 11.9 Å². The first-order valence-electron chi connectivity index (χ1n) is 6.51. The summed E-state index contributed by atoms with van der Waals surface area (Å²) < 4.78 is 13.8. The van der Waals surface area contributed by atoms with Crippen LogP contribution in [0.2, 0.25) is 0 Å². The fourth-order valence-corrected chi connectivity index (χ4v) is 4.15. The van der Waals surface area contributed by atoms with Crippen molar-refractivity contribution in [1.82, 2.24) is 14.5 Å². The van der Waals surface area contributed by atoms with Gasteiger partial charge in [-0.05, 0) is 18.9 Å². The molecule has 0 spiro atoms. The molecular formula is C13H16ClN3OS. The summed E-state index contributed by atoms with van der Waals surface area (Å²) in [5, 5.41) is 0. The van der Waals surface area contributed by atoms with E-state index >= 15 is 0 Å². The third kappa shape index (κ3) is 2.54. The van der Waals surface area contributed by atoms with Gasteiger partial charge in [-0.15, -0.1) is 11.6 Å². The summed E-state index contributed by atoms with van der Waals surface area (Å²) in [4.78, 5) is 8.76. The fourth-order valence-electron chi connectivity index (χ4n) is 2.71. The Kier molecular flexibility index (Phi) is 3.84. The molecule has 1 aliphatic rings. The van der Waals surface area contributed by atoms with Gasteiger partial charge in [-0.1, -0.05) is 0 Å². The monoisotopic (exact) mass is 297 g/mol. The molecule has 0 N–H and O–H groups in total. The molecule has 1 saturated heterocycles. The number of aryl methyl sites for hydroxylation is 1. The van der Waals surface area contributed by atoms with E-state index in [9.17, 15) is 4.21 Å². The number of nitrogens with zero attached hydrogens (tertiary/aromatic N) is 3. The number of fused-ring (bicyclic) bond motifs is 1. The number of aromatic nitrogens is 3. The maximum atomic E-state index is 11.5. The van der Waals surface area contributed by atoms with E-state index in [0.717, 1.165) is 47.6 Å². The third-order valence-corrected chi connectivity index (χ3v) is 5.18. The lowest BCUT2D eigenvalue weighted by atomic mass is 10.1. The van der Waals surface area contributed by atoms with Crippen molar-refractivity contribution >= 4 is 33.4 Å². The van der Waals surface area contributed by atoms with Crippen molar-refractivity contribution in [2.45, 2.75) is 25.3 Å². The molecule has 19 heavy (non-hydrogen) atoms. The predicted octanol–water partition coefficient (Wildman–Crippen LogP) is 2.30. The third-order valence-electron chi connectivity index (χ3n) is 3.61. The van der Waals surface area contributed by atoms with Crippen molar-refractivity contribution in [3.8, 4) is 0 Å². The molecule has 1 fully saturated rings. The zero-order valence-electron chi connectivity index (χ0n) is 10.6. The van der Waals surface area contributed by atoms with Gasteiger partial charge in [0.15, 0.2) is 0 Å². The highest BCUT2D eigenvalue weighted by Crippen LogP contribution is 2.28. The Bertz CT molecular complexity index is 603. The summed E-state index contributed by atoms with van der Waals surface area (Å²) in [7, 11) is -0.639. The molecular weight excluding hydrogens is 282 g/mol. The normalized spacial score (nSPS) is 23.8. The fraction of sp³-hybridized carbons (Fsp3) is 0.538. The molecule has 3 heterocycles. The molecule has 2 aromatic heterocycles. The van der Waals surface area contributed by atoms with Gasteiger partial charge in [0.05, 0.1) is 11.7 Å². The molecule has 6 heteroatoms. The molecule has 0 unspecified atom stereocenters. The van der Waals surface area contributed by atoms with Crippen LogP contribution in [-0.4, -0.2) is 36.1 Å². The summed E-state index contributed by atoms with van der Waals surface area (Å²) in [6.07, 6.45) is 6.26. The van der Waals surface area contributed by atoms with Crippen LogP contribution in [0.25, 0.3) is 11.0 Å². The van der Waals surface area contributed by atoms with Crippen LogP contribution in [0.15, 0.2) is 18.5 Å². The predicted molar refractivity (Wildman–Crippen MR) is 78.1 cm³/mol. The van der Waals surface area contributed by atoms with E-state index in [4.69, 9.17) is 11.6 Å². The highest BCUT2D eigenvalue weighted by Gasteiger charge is 2.23. The Morgan fingerprint density at radius 3 is 2.95 bits per heavy atom. The lowest BCUT2D eigenvalue weighted by Gasteiger charge is -2.25. The molecule has 3 rings (SSSR count). The number of alkyl halides is 1. The van der Waals surface area contributed by atoms with Crippen molar-refractivity contribution in [2.24, 2.45) is 0 Å². The average molecular weight is 298 g/mol. The Labute approximate surface area is 119 Å². The maximum Gasteiger partial charge on any atom is 0.111 e. The number of rotatable bonds is 3. The summed E-state index contributed by atoms with van der Waals surface area (Å²) in [5.74, 6) is 3.16. The van der Waals surface area contributed by atoms with E-state index in [1.54, 1.807) is 12.4 Å². The van der Waals surface area contributed by atoms with Crippen LogP contribution in [0.3, 0.4) is 0 Å². The van der Waals surface area contributed by atoms with Crippen LogP contribution in [0, 0.1) is 0 Å². The quantitative estimate of drug-likeness (QED) is 0.817. The lowest BCUT2D eigenvalue weighted by molar-refractivity contribution is 0.459. The second kappa shape index (κ2) is 5.59. The number of hydrogen-bond donors (Lipinski definition) is 0. The molecule has 0 radical (unpaired) electrons. The highest BCUT2D eigenvalue weighted by atomic mass is 35.5. The molecule has 0 aliphatic carbocycles. The van der Waals surface area contributed by atoms with Gasteiger partial charge in [0.1, 0.15) is 11.3 Å². The summed E-state index contributed by atoms with van der Waals surface area (Å²) in [6.45, 7) is 0. The molecule has 0 saturated carbocycles. The van der Waals surface area contributed by atoms with E-state index < -0.39 is 10.8 Å². The van der Waals surface area contributed by atoms with Gasteiger partial charge in [0.2, 0.25) is 0 Å². The van der Waals surface area contributed by atoms with Crippen LogP contribution in [0.5, 0.6) is 0 Å². The lowest BCUT2D eigenvalue weighted by Crippen LogP contribution is -2.23. The summed E-state index contributed by atoms with van der Waals surface area (Å²) in [5.41, 5.74) is 2.04. The van der Waals surface area contributed by atoms with E-state index in [1.807, 2.05) is 6.07 Å². The van der Waals surface area contributed by atoms with E-state index in [-0.39, 0.29) is 0 Å². The topological polar surface area (TPSA) is 47.8 Å². The van der Waals surface area contributed by atoms with Crippen LogP contribution in [0.4, 0.5) is 0 Å². The van der Waals surface area contributed by atoms with E-state index in [2.05, 4.69) is 14.5 Å². The highest BCUT2D eigenvalue weighted by molar-refractivity contribution is 7.85. The minimum atomic E-state index is -0.639. The Morgan fingerprint density at radius 1 is 1.42 bits per heavy atom. The summed E-state index contributed by atoms with van der Waals surface area (Å²) >= 11 is 5.88. The summed E-state index contributed by atoms with van der Waals surface area (Å²) in [6, 6.07) is 2.40. The standard InChI is InChI=1S/C13H16ClN3OS/c14-5-1-13-16-11-9-15-6-2-12(11)17(13)10-3-7-19(18)8-4-10/h2,6,9-10H,1,3-5,7-8H2. The number of imidazole rings is 1. The second-order valence-corrected chi connectivity index (χ2v) is 6.85. The van der Waals surface area contributed by atoms with Gasteiger partial charge in [-0.25, -0.2) is 4.98 Å². The molecule has 0 aromatic carbocycles. The first kappa shape index (κ1) is 13.1. The molecule has 0 atom stereocenters. The van der Waals surface area contributed by atoms with Gasteiger partial charge < -0.3 is 4.57 Å². The Balaban J connectivity index is 2.04. The molecule has 0 bridgehead atoms. The van der Waals surface area contributed by atoms with Crippen LogP contribution < -0.4 is 0 Å². The molecule has 1 aliphatic heterocycles. The molecule has 102 valence electrons. The zero-order chi connectivity index (χ0) is 13.2. The van der Waals surface area contributed by atoms with Crippen molar-refractivity contribution in [1.29, 1.82) is 0 Å². The van der Waals surface area contributed by atoms with Gasteiger partial charge in [0.25, 0.3) is 0 Å². The van der Waals surface area contributed by atoms with Crippen molar-refractivity contribution < 1.29 is 4.21 Å². The van der Waals surface area contributed by atoms with Crippen LogP contribution in [-0.2, 0) is 17.2 Å². The first-order valence-corrected chi connectivity index (χ1v) is 8.53. The van der Waals surface area contributed by atoms with Gasteiger partial charge >= 0.3 is 0 Å². The Hall–Kier alpha value is -0.940.